The van der Waals surface area contributed by atoms with Gasteiger partial charge in [0.25, 0.3) is 0 Å². The fourth-order valence-corrected chi connectivity index (χ4v) is 1.57. The lowest BCUT2D eigenvalue weighted by Gasteiger charge is -2.05. The number of nitrogens with one attached hydrogen (secondary N) is 1. The first-order valence-electron chi connectivity index (χ1n) is 4.52. The smallest absolute Gasteiger partial charge is 0.227 e. The first kappa shape index (κ1) is 9.52. The molecular formula is C10H11BrN2O. The first-order valence-corrected chi connectivity index (χ1v) is 5.32. The van der Waals surface area contributed by atoms with Crippen LogP contribution in [0.15, 0.2) is 22.7 Å². The predicted octanol–water partition coefficient (Wildman–Crippen LogP) is 2.38. The van der Waals surface area contributed by atoms with Crippen LogP contribution in [0.2, 0.25) is 0 Å². The van der Waals surface area contributed by atoms with Crippen molar-refractivity contribution in [2.75, 3.05) is 11.1 Å². The number of carbonyl (C=O) groups is 1. The third-order valence-electron chi connectivity index (χ3n) is 2.22. The second-order valence-corrected chi connectivity index (χ2v) is 4.35. The van der Waals surface area contributed by atoms with Crippen LogP contribution in [0.3, 0.4) is 0 Å². The molecule has 0 atom stereocenters. The number of nitrogen functional groups attached to an aromatic ring is 1. The first-order chi connectivity index (χ1) is 6.66. The van der Waals surface area contributed by atoms with E-state index in [0.717, 1.165) is 23.0 Å². The van der Waals surface area contributed by atoms with Gasteiger partial charge < -0.3 is 11.1 Å². The number of hydrogen-bond acceptors (Lipinski definition) is 2. The predicted molar refractivity (Wildman–Crippen MR) is 59.9 cm³/mol. The van der Waals surface area contributed by atoms with E-state index in [0.29, 0.717) is 5.69 Å². The number of nitrogens with two attached hydrogens (primary N) is 1. The molecule has 2 rings (SSSR count). The van der Waals surface area contributed by atoms with E-state index in [2.05, 4.69) is 21.2 Å². The van der Waals surface area contributed by atoms with Gasteiger partial charge in [-0.05, 0) is 47.0 Å². The highest BCUT2D eigenvalue weighted by molar-refractivity contribution is 9.10. The van der Waals surface area contributed by atoms with Gasteiger partial charge in [0, 0.05) is 21.8 Å². The van der Waals surface area contributed by atoms with Crippen LogP contribution in [-0.4, -0.2) is 5.91 Å². The minimum Gasteiger partial charge on any atom is -0.398 e. The Bertz CT molecular complexity index is 374. The molecule has 1 saturated carbocycles. The Morgan fingerprint density at radius 1 is 1.50 bits per heavy atom. The molecule has 1 fully saturated rings. The van der Waals surface area contributed by atoms with Gasteiger partial charge in [-0.2, -0.15) is 0 Å². The summed E-state index contributed by atoms with van der Waals surface area (Å²) in [6.45, 7) is 0. The summed E-state index contributed by atoms with van der Waals surface area (Å²) in [7, 11) is 0. The molecular weight excluding hydrogens is 244 g/mol. The van der Waals surface area contributed by atoms with Crippen LogP contribution in [-0.2, 0) is 4.79 Å². The minimum absolute atomic E-state index is 0.113. The summed E-state index contributed by atoms with van der Waals surface area (Å²) in [6.07, 6.45) is 2.03. The van der Waals surface area contributed by atoms with Gasteiger partial charge in [-0.25, -0.2) is 0 Å². The van der Waals surface area contributed by atoms with Crippen molar-refractivity contribution in [2.24, 2.45) is 5.92 Å². The maximum atomic E-state index is 11.4. The van der Waals surface area contributed by atoms with E-state index in [1.807, 2.05) is 6.07 Å². The number of halogens is 1. The van der Waals surface area contributed by atoms with Crippen molar-refractivity contribution in [2.45, 2.75) is 12.8 Å². The Kier molecular flexibility index (Phi) is 2.46. The molecule has 74 valence electrons. The van der Waals surface area contributed by atoms with E-state index in [1.165, 1.54) is 0 Å². The number of rotatable bonds is 2. The molecule has 0 saturated heterocycles. The summed E-state index contributed by atoms with van der Waals surface area (Å²) in [5.41, 5.74) is 7.10. The van der Waals surface area contributed by atoms with E-state index < -0.39 is 0 Å². The van der Waals surface area contributed by atoms with Crippen molar-refractivity contribution in [3.8, 4) is 0 Å². The standard InChI is InChI=1S/C10H11BrN2O/c11-8-5-7(3-4-9(8)12)13-10(14)6-1-2-6/h3-6H,1-2,12H2,(H,13,14). The summed E-state index contributed by atoms with van der Waals surface area (Å²) in [5, 5.41) is 2.85. The SMILES string of the molecule is Nc1ccc(NC(=O)C2CC2)cc1Br. The normalized spacial score (nSPS) is 15.2. The summed E-state index contributed by atoms with van der Waals surface area (Å²) in [4.78, 5) is 11.4. The number of anilines is 2. The van der Waals surface area contributed by atoms with Crippen LogP contribution in [0.1, 0.15) is 12.8 Å². The van der Waals surface area contributed by atoms with Crippen molar-refractivity contribution in [1.29, 1.82) is 0 Å². The molecule has 1 aliphatic rings. The summed E-state index contributed by atoms with van der Waals surface area (Å²) >= 11 is 3.31. The molecule has 0 heterocycles. The molecule has 0 spiro atoms. The van der Waals surface area contributed by atoms with E-state index >= 15 is 0 Å². The second-order valence-electron chi connectivity index (χ2n) is 3.50. The van der Waals surface area contributed by atoms with Crippen LogP contribution in [0.5, 0.6) is 0 Å². The Labute approximate surface area is 90.8 Å². The Morgan fingerprint density at radius 2 is 2.21 bits per heavy atom. The zero-order chi connectivity index (χ0) is 10.1. The van der Waals surface area contributed by atoms with Gasteiger partial charge in [-0.3, -0.25) is 4.79 Å². The van der Waals surface area contributed by atoms with Crippen LogP contribution in [0.25, 0.3) is 0 Å². The maximum absolute atomic E-state index is 11.4. The van der Waals surface area contributed by atoms with Crippen molar-refractivity contribution in [1.82, 2.24) is 0 Å². The van der Waals surface area contributed by atoms with E-state index in [4.69, 9.17) is 5.73 Å². The van der Waals surface area contributed by atoms with E-state index in [1.54, 1.807) is 12.1 Å². The fraction of sp³-hybridized carbons (Fsp3) is 0.300. The Balaban J connectivity index is 2.08. The average molecular weight is 255 g/mol. The highest BCUT2D eigenvalue weighted by Crippen LogP contribution is 2.31. The molecule has 1 amide bonds. The van der Waals surface area contributed by atoms with Gasteiger partial charge in [0.05, 0.1) is 0 Å². The molecule has 1 aromatic rings. The molecule has 4 heteroatoms. The van der Waals surface area contributed by atoms with Gasteiger partial charge >= 0.3 is 0 Å². The lowest BCUT2D eigenvalue weighted by molar-refractivity contribution is -0.117. The monoisotopic (exact) mass is 254 g/mol. The third-order valence-corrected chi connectivity index (χ3v) is 2.90. The summed E-state index contributed by atoms with van der Waals surface area (Å²) < 4.78 is 0.811. The van der Waals surface area contributed by atoms with Gasteiger partial charge in [-0.1, -0.05) is 0 Å². The van der Waals surface area contributed by atoms with Gasteiger partial charge in [0.1, 0.15) is 0 Å². The van der Waals surface area contributed by atoms with Crippen LogP contribution < -0.4 is 11.1 Å². The fourth-order valence-electron chi connectivity index (χ4n) is 1.19. The quantitative estimate of drug-likeness (QED) is 0.797. The molecule has 1 aliphatic carbocycles. The highest BCUT2D eigenvalue weighted by atomic mass is 79.9. The molecule has 14 heavy (non-hydrogen) atoms. The Hall–Kier alpha value is -1.03. The number of hydrogen-bond donors (Lipinski definition) is 2. The van der Waals surface area contributed by atoms with E-state index in [-0.39, 0.29) is 11.8 Å². The molecule has 0 unspecified atom stereocenters. The molecule has 3 nitrogen and oxygen atoms in total. The van der Waals surface area contributed by atoms with Gasteiger partial charge in [-0.15, -0.1) is 0 Å². The zero-order valence-electron chi connectivity index (χ0n) is 7.59. The minimum atomic E-state index is 0.113. The molecule has 0 aromatic heterocycles. The van der Waals surface area contributed by atoms with E-state index in [9.17, 15) is 4.79 Å². The largest absolute Gasteiger partial charge is 0.398 e. The van der Waals surface area contributed by atoms with Crippen molar-refractivity contribution >= 4 is 33.2 Å². The molecule has 0 radical (unpaired) electrons. The molecule has 1 aromatic carbocycles. The number of benzene rings is 1. The van der Waals surface area contributed by atoms with Crippen LogP contribution in [0.4, 0.5) is 11.4 Å². The number of carbonyl (C=O) groups excluding carboxylic acids is 1. The maximum Gasteiger partial charge on any atom is 0.227 e. The van der Waals surface area contributed by atoms with Crippen molar-refractivity contribution < 1.29 is 4.79 Å². The highest BCUT2D eigenvalue weighted by Gasteiger charge is 2.29. The third kappa shape index (κ3) is 2.07. The zero-order valence-corrected chi connectivity index (χ0v) is 9.17. The topological polar surface area (TPSA) is 55.1 Å². The van der Waals surface area contributed by atoms with Gasteiger partial charge in [0.2, 0.25) is 5.91 Å². The summed E-state index contributed by atoms with van der Waals surface area (Å²) in [5.74, 6) is 0.341. The lowest BCUT2D eigenvalue weighted by atomic mass is 10.2. The Morgan fingerprint density at radius 3 is 2.79 bits per heavy atom. The van der Waals surface area contributed by atoms with Crippen LogP contribution in [0, 0.1) is 5.92 Å². The molecule has 0 aliphatic heterocycles. The second kappa shape index (κ2) is 3.61. The van der Waals surface area contributed by atoms with Crippen LogP contribution >= 0.6 is 15.9 Å². The van der Waals surface area contributed by atoms with Gasteiger partial charge in [0.15, 0.2) is 0 Å². The summed E-state index contributed by atoms with van der Waals surface area (Å²) in [6, 6.07) is 5.39. The lowest BCUT2D eigenvalue weighted by Crippen LogP contribution is -2.13. The molecule has 3 N–H and O–H groups in total. The van der Waals surface area contributed by atoms with Crippen molar-refractivity contribution in [3.05, 3.63) is 22.7 Å². The number of amides is 1. The average Bonchev–Trinajstić information content (AvgIpc) is 2.94. The van der Waals surface area contributed by atoms with Crippen molar-refractivity contribution in [3.63, 3.8) is 0 Å². The molecule has 0 bridgehead atoms.